The summed E-state index contributed by atoms with van der Waals surface area (Å²) < 4.78 is 16.1. The van der Waals surface area contributed by atoms with Crippen molar-refractivity contribution in [3.63, 3.8) is 0 Å². The summed E-state index contributed by atoms with van der Waals surface area (Å²) in [6.07, 6.45) is 3.81. The van der Waals surface area contributed by atoms with Crippen molar-refractivity contribution in [3.8, 4) is 5.75 Å². The lowest BCUT2D eigenvalue weighted by molar-refractivity contribution is -0.162. The van der Waals surface area contributed by atoms with E-state index < -0.39 is 12.3 Å². The first-order valence-corrected chi connectivity index (χ1v) is 9.78. The van der Waals surface area contributed by atoms with Crippen LogP contribution in [0.1, 0.15) is 35.3 Å². The van der Waals surface area contributed by atoms with Gasteiger partial charge in [0.25, 0.3) is 0 Å². The van der Waals surface area contributed by atoms with E-state index in [1.165, 1.54) is 13.3 Å². The molecule has 0 amide bonds. The second-order valence-corrected chi connectivity index (χ2v) is 7.13. The molecule has 154 valence electrons. The minimum absolute atomic E-state index is 0.0149. The van der Waals surface area contributed by atoms with Crippen LogP contribution in [0.15, 0.2) is 41.7 Å². The van der Waals surface area contributed by atoms with Gasteiger partial charge in [0.1, 0.15) is 18.1 Å². The third-order valence-electron chi connectivity index (χ3n) is 4.11. The summed E-state index contributed by atoms with van der Waals surface area (Å²) in [6.45, 7) is 0.643. The van der Waals surface area contributed by atoms with Crippen molar-refractivity contribution >= 4 is 34.9 Å². The summed E-state index contributed by atoms with van der Waals surface area (Å²) in [5.41, 5.74) is 1.13. The number of halogens is 2. The molecule has 29 heavy (non-hydrogen) atoms. The van der Waals surface area contributed by atoms with Crippen molar-refractivity contribution in [1.29, 1.82) is 0 Å². The van der Waals surface area contributed by atoms with Gasteiger partial charge in [0.05, 0.1) is 25.0 Å². The zero-order valence-corrected chi connectivity index (χ0v) is 17.3. The molecule has 1 aromatic carbocycles. The van der Waals surface area contributed by atoms with Crippen molar-refractivity contribution in [2.24, 2.45) is 5.16 Å². The molecule has 1 fully saturated rings. The van der Waals surface area contributed by atoms with E-state index in [1.54, 1.807) is 30.3 Å². The number of aromatic nitrogens is 1. The molecule has 1 aliphatic heterocycles. The van der Waals surface area contributed by atoms with Crippen molar-refractivity contribution in [2.45, 2.75) is 25.6 Å². The molecule has 7 nitrogen and oxygen atoms in total. The fourth-order valence-corrected chi connectivity index (χ4v) is 3.17. The molecule has 2 heterocycles. The first-order chi connectivity index (χ1) is 14.0. The van der Waals surface area contributed by atoms with Crippen LogP contribution in [0.5, 0.6) is 5.75 Å². The highest BCUT2D eigenvalue weighted by atomic mass is 35.5. The van der Waals surface area contributed by atoms with Gasteiger partial charge >= 0.3 is 5.97 Å². The maximum Gasteiger partial charge on any atom is 0.337 e. The number of oxime groups is 1. The number of pyridine rings is 1. The Morgan fingerprint density at radius 2 is 2.03 bits per heavy atom. The Morgan fingerprint density at radius 1 is 1.24 bits per heavy atom. The summed E-state index contributed by atoms with van der Waals surface area (Å²) in [5.74, 6) is -0.0136. The molecule has 1 aliphatic rings. The van der Waals surface area contributed by atoms with Gasteiger partial charge in [0, 0.05) is 22.7 Å². The molecule has 0 saturated carbocycles. The number of carbonyl (C=O) groups excluding carboxylic acids is 1. The largest absolute Gasteiger partial charge is 0.487 e. The third kappa shape index (κ3) is 6.32. The molecular weight excluding hydrogens is 419 g/mol. The van der Waals surface area contributed by atoms with Crippen molar-refractivity contribution in [3.05, 3.63) is 57.8 Å². The van der Waals surface area contributed by atoms with Crippen molar-refractivity contribution in [2.75, 3.05) is 20.3 Å². The van der Waals surface area contributed by atoms with Crippen LogP contribution in [0.4, 0.5) is 0 Å². The molecule has 0 N–H and O–H groups in total. The van der Waals surface area contributed by atoms with Crippen LogP contribution in [0.2, 0.25) is 10.0 Å². The van der Waals surface area contributed by atoms with E-state index >= 15 is 0 Å². The number of hydrogen-bond acceptors (Lipinski definition) is 7. The van der Waals surface area contributed by atoms with Gasteiger partial charge in [0.2, 0.25) is 6.29 Å². The summed E-state index contributed by atoms with van der Waals surface area (Å²) in [6, 6.07) is 7.98. The highest BCUT2D eigenvalue weighted by Gasteiger charge is 2.17. The third-order valence-corrected chi connectivity index (χ3v) is 4.54. The van der Waals surface area contributed by atoms with Crippen LogP contribution in [0, 0.1) is 0 Å². The number of ether oxygens (including phenoxy) is 3. The summed E-state index contributed by atoms with van der Waals surface area (Å²) >= 11 is 12.0. The van der Waals surface area contributed by atoms with Gasteiger partial charge in [-0.05, 0) is 43.2 Å². The second-order valence-electron chi connectivity index (χ2n) is 6.25. The Bertz CT molecular complexity index is 865. The molecule has 1 saturated heterocycles. The van der Waals surface area contributed by atoms with Crippen LogP contribution in [-0.2, 0) is 14.3 Å². The Morgan fingerprint density at radius 3 is 2.72 bits per heavy atom. The number of carbonyl (C=O) groups is 1. The lowest BCUT2D eigenvalue weighted by Gasteiger charge is -2.20. The maximum atomic E-state index is 11.8. The fraction of sp³-hybridized carbons (Fsp3) is 0.350. The number of rotatable bonds is 7. The lowest BCUT2D eigenvalue weighted by Crippen LogP contribution is -2.22. The van der Waals surface area contributed by atoms with Crippen LogP contribution >= 0.6 is 23.2 Å². The predicted octanol–water partition coefficient (Wildman–Crippen LogP) is 4.50. The van der Waals surface area contributed by atoms with Gasteiger partial charge in [-0.1, -0.05) is 28.4 Å². The van der Waals surface area contributed by atoms with E-state index in [2.05, 4.69) is 10.1 Å². The van der Waals surface area contributed by atoms with Crippen LogP contribution in [-0.4, -0.2) is 43.3 Å². The van der Waals surface area contributed by atoms with E-state index in [-0.39, 0.29) is 6.61 Å². The minimum atomic E-state index is -0.480. The van der Waals surface area contributed by atoms with Crippen LogP contribution in [0.25, 0.3) is 0 Å². The molecule has 0 spiro atoms. The number of benzene rings is 1. The van der Waals surface area contributed by atoms with E-state index in [4.69, 9.17) is 42.3 Å². The zero-order chi connectivity index (χ0) is 20.6. The van der Waals surface area contributed by atoms with Gasteiger partial charge in [-0.25, -0.2) is 4.79 Å². The summed E-state index contributed by atoms with van der Waals surface area (Å²) in [7, 11) is 1.31. The molecule has 9 heteroatoms. The lowest BCUT2D eigenvalue weighted by atomic mass is 10.2. The van der Waals surface area contributed by atoms with Crippen LogP contribution < -0.4 is 4.74 Å². The van der Waals surface area contributed by atoms with E-state index in [0.717, 1.165) is 19.3 Å². The number of methoxy groups -OCH3 is 1. The van der Waals surface area contributed by atoms with E-state index in [9.17, 15) is 4.79 Å². The predicted molar refractivity (Wildman–Crippen MR) is 109 cm³/mol. The normalized spacial score (nSPS) is 16.9. The smallest absolute Gasteiger partial charge is 0.337 e. The molecule has 1 unspecified atom stereocenters. The van der Waals surface area contributed by atoms with Gasteiger partial charge in [-0.2, -0.15) is 0 Å². The first-order valence-electron chi connectivity index (χ1n) is 9.03. The molecule has 0 aliphatic carbocycles. The maximum absolute atomic E-state index is 11.8. The average Bonchev–Trinajstić information content (AvgIpc) is 2.73. The zero-order valence-electron chi connectivity index (χ0n) is 15.8. The monoisotopic (exact) mass is 438 g/mol. The molecular formula is C20H20Cl2N2O5. The SMILES string of the molecule is COC(=O)c1ccnc(/C(COc2cc(Cl)cc(Cl)c2)=N/OC2CCCCO2)c1. The Labute approximate surface area is 178 Å². The second kappa shape index (κ2) is 10.4. The number of nitrogens with zero attached hydrogens (tertiary/aromatic N) is 2. The molecule has 1 atom stereocenters. The van der Waals surface area contributed by atoms with E-state index in [0.29, 0.717) is 39.4 Å². The number of hydrogen-bond donors (Lipinski definition) is 0. The molecule has 2 aromatic rings. The Balaban J connectivity index is 1.81. The first kappa shape index (κ1) is 21.4. The Kier molecular flexibility index (Phi) is 7.69. The van der Waals surface area contributed by atoms with Gasteiger partial charge in [0.15, 0.2) is 0 Å². The Hall–Kier alpha value is -2.35. The number of esters is 1. The van der Waals surface area contributed by atoms with Crippen molar-refractivity contribution in [1.82, 2.24) is 4.98 Å². The summed E-state index contributed by atoms with van der Waals surface area (Å²) in [4.78, 5) is 21.7. The fourth-order valence-electron chi connectivity index (χ4n) is 2.66. The highest BCUT2D eigenvalue weighted by Crippen LogP contribution is 2.24. The van der Waals surface area contributed by atoms with E-state index in [1.807, 2.05) is 0 Å². The minimum Gasteiger partial charge on any atom is -0.487 e. The van der Waals surface area contributed by atoms with Gasteiger partial charge in [-0.15, -0.1) is 0 Å². The quantitative estimate of drug-likeness (QED) is 0.359. The molecule has 3 rings (SSSR count). The molecule has 1 aromatic heterocycles. The molecule has 0 bridgehead atoms. The van der Waals surface area contributed by atoms with Crippen molar-refractivity contribution < 1.29 is 23.8 Å². The average molecular weight is 439 g/mol. The highest BCUT2D eigenvalue weighted by molar-refractivity contribution is 6.34. The summed E-state index contributed by atoms with van der Waals surface area (Å²) in [5, 5.41) is 5.09. The topological polar surface area (TPSA) is 79.2 Å². The van der Waals surface area contributed by atoms with Gasteiger partial charge < -0.3 is 19.0 Å². The standard InChI is InChI=1S/C20H20Cl2N2O5/c1-26-20(25)13-5-6-23-17(8-13)18(24-29-19-4-2-3-7-27-19)12-28-16-10-14(21)9-15(22)11-16/h5-6,8-11,19H,2-4,7,12H2,1H3/b24-18+. The van der Waals surface area contributed by atoms with Crippen LogP contribution in [0.3, 0.4) is 0 Å². The van der Waals surface area contributed by atoms with Gasteiger partial charge in [-0.3, -0.25) is 4.98 Å². The molecule has 0 radical (unpaired) electrons.